The molecular formula is C27H30Cl2FN3O3. The predicted molar refractivity (Wildman–Crippen MR) is 140 cm³/mol. The maximum Gasteiger partial charge on any atom is 0.329 e. The fourth-order valence-electron chi connectivity index (χ4n) is 4.98. The van der Waals surface area contributed by atoms with E-state index in [0.717, 1.165) is 34.1 Å². The van der Waals surface area contributed by atoms with Crippen LogP contribution in [0.5, 0.6) is 0 Å². The number of carboxylic acids is 1. The molecule has 1 amide bonds. The van der Waals surface area contributed by atoms with E-state index in [0.29, 0.717) is 29.4 Å². The lowest BCUT2D eigenvalue weighted by atomic mass is 9.79. The van der Waals surface area contributed by atoms with E-state index in [1.807, 2.05) is 19.9 Å². The number of carbonyl (C=O) groups is 2. The smallest absolute Gasteiger partial charge is 0.329 e. The minimum Gasteiger partial charge on any atom is -0.479 e. The first-order valence-electron chi connectivity index (χ1n) is 12.1. The summed E-state index contributed by atoms with van der Waals surface area (Å²) < 4.78 is 13.5. The van der Waals surface area contributed by atoms with Crippen molar-refractivity contribution in [1.29, 1.82) is 0 Å². The van der Waals surface area contributed by atoms with Crippen LogP contribution in [-0.4, -0.2) is 40.1 Å². The number of amides is 1. The minimum absolute atomic E-state index is 0.0341. The van der Waals surface area contributed by atoms with Gasteiger partial charge in [-0.05, 0) is 67.1 Å². The Hall–Kier alpha value is -2.61. The fraction of sp³-hybridized carbons (Fsp3) is 0.407. The first kappa shape index (κ1) is 26.5. The SMILES string of the molecule is CCC(C)C(NCCc1cccc(F)c1)C(=O)NC1(C(=O)O)CCc2[nH]c3c(Cl)cc(Cl)cc3c2C1. The van der Waals surface area contributed by atoms with Crippen LogP contribution in [0, 0.1) is 11.7 Å². The van der Waals surface area contributed by atoms with Gasteiger partial charge >= 0.3 is 5.97 Å². The number of halogens is 3. The van der Waals surface area contributed by atoms with Gasteiger partial charge < -0.3 is 20.7 Å². The molecule has 4 N–H and O–H groups in total. The van der Waals surface area contributed by atoms with E-state index in [9.17, 15) is 19.1 Å². The van der Waals surface area contributed by atoms with Gasteiger partial charge in [0.1, 0.15) is 11.4 Å². The number of fused-ring (bicyclic) bond motifs is 3. The van der Waals surface area contributed by atoms with E-state index >= 15 is 0 Å². The zero-order valence-corrected chi connectivity index (χ0v) is 21.8. The third-order valence-electron chi connectivity index (χ3n) is 7.23. The summed E-state index contributed by atoms with van der Waals surface area (Å²) in [5.41, 5.74) is 1.80. The average Bonchev–Trinajstić information content (AvgIpc) is 3.19. The number of aromatic amines is 1. The molecule has 1 aromatic heterocycles. The third kappa shape index (κ3) is 5.38. The van der Waals surface area contributed by atoms with Gasteiger partial charge in [-0.1, -0.05) is 55.6 Å². The van der Waals surface area contributed by atoms with Gasteiger partial charge in [0.2, 0.25) is 5.91 Å². The molecule has 0 aliphatic heterocycles. The van der Waals surface area contributed by atoms with E-state index in [4.69, 9.17) is 23.2 Å². The molecule has 4 rings (SSSR count). The Bertz CT molecular complexity index is 1290. The van der Waals surface area contributed by atoms with Crippen molar-refractivity contribution in [1.82, 2.24) is 15.6 Å². The molecule has 0 saturated heterocycles. The van der Waals surface area contributed by atoms with Gasteiger partial charge in [-0.2, -0.15) is 0 Å². The highest BCUT2D eigenvalue weighted by Gasteiger charge is 2.45. The molecule has 1 aliphatic rings. The van der Waals surface area contributed by atoms with Crippen molar-refractivity contribution in [3.8, 4) is 0 Å². The van der Waals surface area contributed by atoms with Crippen LogP contribution in [0.1, 0.15) is 43.5 Å². The summed E-state index contributed by atoms with van der Waals surface area (Å²) in [6.07, 6.45) is 2.09. The maximum absolute atomic E-state index is 13.5. The molecule has 3 aromatic rings. The van der Waals surface area contributed by atoms with Crippen LogP contribution in [0.3, 0.4) is 0 Å². The van der Waals surface area contributed by atoms with Crippen LogP contribution >= 0.6 is 23.2 Å². The Balaban J connectivity index is 1.55. The summed E-state index contributed by atoms with van der Waals surface area (Å²) in [6.45, 7) is 4.39. The van der Waals surface area contributed by atoms with Crippen molar-refractivity contribution in [3.05, 3.63) is 69.1 Å². The molecule has 2 aromatic carbocycles. The normalized spacial score (nSPS) is 19.0. The number of H-pyrrole nitrogens is 1. The lowest BCUT2D eigenvalue weighted by molar-refractivity contribution is -0.148. The predicted octanol–water partition coefficient (Wildman–Crippen LogP) is 5.29. The maximum atomic E-state index is 13.5. The summed E-state index contributed by atoms with van der Waals surface area (Å²) in [4.78, 5) is 29.4. The van der Waals surface area contributed by atoms with Gasteiger partial charge in [0, 0.05) is 22.5 Å². The molecule has 3 unspecified atom stereocenters. The highest BCUT2D eigenvalue weighted by Crippen LogP contribution is 2.38. The topological polar surface area (TPSA) is 94.2 Å². The molecule has 1 aliphatic carbocycles. The van der Waals surface area contributed by atoms with Gasteiger partial charge in [-0.25, -0.2) is 9.18 Å². The van der Waals surface area contributed by atoms with E-state index in [1.165, 1.54) is 12.1 Å². The number of benzene rings is 2. The van der Waals surface area contributed by atoms with Crippen molar-refractivity contribution >= 4 is 46.0 Å². The van der Waals surface area contributed by atoms with Gasteiger partial charge in [0.15, 0.2) is 0 Å². The third-order valence-corrected chi connectivity index (χ3v) is 7.75. The fourth-order valence-corrected chi connectivity index (χ4v) is 5.52. The second kappa shape index (κ2) is 10.8. The Kier molecular flexibility index (Phi) is 7.93. The molecule has 1 heterocycles. The molecule has 192 valence electrons. The quantitative estimate of drug-likeness (QED) is 0.300. The van der Waals surface area contributed by atoms with Crippen LogP contribution < -0.4 is 10.6 Å². The average molecular weight is 534 g/mol. The standard InChI is InChI=1S/C27H30Cl2FN3O3/c1-3-15(2)23(31-10-8-16-5-4-6-18(30)11-16)25(34)33-27(26(35)36)9-7-22-20(14-27)19-12-17(28)13-21(29)24(19)32-22/h4-6,11-13,15,23,31-32H,3,7-10,14H2,1-2H3,(H,33,34)(H,35,36). The van der Waals surface area contributed by atoms with Gasteiger partial charge in [-0.15, -0.1) is 0 Å². The first-order chi connectivity index (χ1) is 17.1. The molecule has 3 atom stereocenters. The number of aromatic nitrogens is 1. The van der Waals surface area contributed by atoms with Crippen molar-refractivity contribution in [2.45, 2.75) is 57.5 Å². The number of carbonyl (C=O) groups excluding carboxylic acids is 1. The number of nitrogens with one attached hydrogen (secondary N) is 3. The van der Waals surface area contributed by atoms with E-state index in [-0.39, 0.29) is 30.5 Å². The van der Waals surface area contributed by atoms with Crippen molar-refractivity contribution in [2.75, 3.05) is 6.54 Å². The second-order valence-corrected chi connectivity index (χ2v) is 10.5. The van der Waals surface area contributed by atoms with E-state index < -0.39 is 17.6 Å². The second-order valence-electron chi connectivity index (χ2n) is 9.64. The minimum atomic E-state index is -1.45. The number of carboxylic acid groups (broad SMARTS) is 1. The summed E-state index contributed by atoms with van der Waals surface area (Å²) >= 11 is 12.6. The summed E-state index contributed by atoms with van der Waals surface area (Å²) in [5.74, 6) is -1.77. The number of hydrogen-bond acceptors (Lipinski definition) is 3. The monoisotopic (exact) mass is 533 g/mol. The summed E-state index contributed by atoms with van der Waals surface area (Å²) in [5, 5.41) is 18.1. The number of rotatable bonds is 9. The van der Waals surface area contributed by atoms with Gasteiger partial charge in [-0.3, -0.25) is 4.79 Å². The van der Waals surface area contributed by atoms with E-state index in [1.54, 1.807) is 18.2 Å². The molecule has 36 heavy (non-hydrogen) atoms. The summed E-state index contributed by atoms with van der Waals surface area (Å²) in [7, 11) is 0. The highest BCUT2D eigenvalue weighted by molar-refractivity contribution is 6.38. The van der Waals surface area contributed by atoms with Gasteiger partial charge in [0.05, 0.1) is 16.6 Å². The van der Waals surface area contributed by atoms with Gasteiger partial charge in [0.25, 0.3) is 0 Å². The zero-order valence-electron chi connectivity index (χ0n) is 20.3. The number of aliphatic carboxylic acids is 1. The Morgan fingerprint density at radius 2 is 2.03 bits per heavy atom. The number of aryl methyl sites for hydroxylation is 1. The van der Waals surface area contributed by atoms with Crippen LogP contribution in [0.2, 0.25) is 10.0 Å². The molecule has 0 radical (unpaired) electrons. The molecule has 9 heteroatoms. The Morgan fingerprint density at radius 1 is 1.25 bits per heavy atom. The van der Waals surface area contributed by atoms with Crippen LogP contribution in [0.15, 0.2) is 36.4 Å². The first-order valence-corrected chi connectivity index (χ1v) is 12.9. The van der Waals surface area contributed by atoms with Crippen LogP contribution in [0.4, 0.5) is 4.39 Å². The number of hydrogen-bond donors (Lipinski definition) is 4. The molecule has 0 fully saturated rings. The Labute approximate surface area is 219 Å². The van der Waals surface area contributed by atoms with Crippen LogP contribution in [0.25, 0.3) is 10.9 Å². The molecule has 0 bridgehead atoms. The molecular weight excluding hydrogens is 504 g/mol. The molecule has 0 saturated carbocycles. The Morgan fingerprint density at radius 3 is 2.72 bits per heavy atom. The molecule has 6 nitrogen and oxygen atoms in total. The summed E-state index contributed by atoms with van der Waals surface area (Å²) in [6, 6.07) is 9.18. The lowest BCUT2D eigenvalue weighted by Crippen LogP contribution is -2.62. The van der Waals surface area contributed by atoms with E-state index in [2.05, 4.69) is 15.6 Å². The highest BCUT2D eigenvalue weighted by atomic mass is 35.5. The van der Waals surface area contributed by atoms with Crippen molar-refractivity contribution in [2.24, 2.45) is 5.92 Å². The molecule has 0 spiro atoms. The lowest BCUT2D eigenvalue weighted by Gasteiger charge is -2.36. The largest absolute Gasteiger partial charge is 0.479 e. The van der Waals surface area contributed by atoms with Crippen molar-refractivity contribution in [3.63, 3.8) is 0 Å². The van der Waals surface area contributed by atoms with Crippen LogP contribution in [-0.2, 0) is 28.9 Å². The zero-order chi connectivity index (χ0) is 26.0. The van der Waals surface area contributed by atoms with Crippen molar-refractivity contribution < 1.29 is 19.1 Å².